The molecule has 0 fully saturated rings. The SMILES string of the molecule is Cc1ccc(Oc2ncnc(NN)c2N)cc1. The fourth-order valence-electron chi connectivity index (χ4n) is 1.29. The first-order valence-electron chi connectivity index (χ1n) is 5.02. The van der Waals surface area contributed by atoms with Crippen molar-refractivity contribution in [3.8, 4) is 11.6 Å². The summed E-state index contributed by atoms with van der Waals surface area (Å²) < 4.78 is 5.53. The highest BCUT2D eigenvalue weighted by atomic mass is 16.5. The Hall–Kier alpha value is -2.34. The molecule has 0 aliphatic rings. The van der Waals surface area contributed by atoms with E-state index in [1.165, 1.54) is 6.33 Å². The zero-order chi connectivity index (χ0) is 12.3. The van der Waals surface area contributed by atoms with E-state index < -0.39 is 0 Å². The predicted octanol–water partition coefficient (Wildman–Crippen LogP) is 1.45. The van der Waals surface area contributed by atoms with Gasteiger partial charge in [0, 0.05) is 0 Å². The van der Waals surface area contributed by atoms with Gasteiger partial charge >= 0.3 is 0 Å². The molecular weight excluding hydrogens is 218 g/mol. The fraction of sp³-hybridized carbons (Fsp3) is 0.0909. The molecule has 0 spiro atoms. The van der Waals surface area contributed by atoms with Gasteiger partial charge in [0.05, 0.1) is 0 Å². The van der Waals surface area contributed by atoms with Crippen LogP contribution in [0.2, 0.25) is 0 Å². The van der Waals surface area contributed by atoms with Crippen molar-refractivity contribution in [3.05, 3.63) is 36.2 Å². The van der Waals surface area contributed by atoms with Crippen LogP contribution in [0.15, 0.2) is 30.6 Å². The largest absolute Gasteiger partial charge is 0.437 e. The first-order valence-corrected chi connectivity index (χ1v) is 5.02. The van der Waals surface area contributed by atoms with Gasteiger partial charge in [0.2, 0.25) is 5.88 Å². The van der Waals surface area contributed by atoms with Crippen molar-refractivity contribution in [2.24, 2.45) is 5.84 Å². The van der Waals surface area contributed by atoms with Crippen molar-refractivity contribution in [1.82, 2.24) is 9.97 Å². The van der Waals surface area contributed by atoms with Gasteiger partial charge in [-0.3, -0.25) is 0 Å². The Balaban J connectivity index is 2.27. The Bertz CT molecular complexity index is 512. The number of aromatic nitrogens is 2. The van der Waals surface area contributed by atoms with Crippen molar-refractivity contribution >= 4 is 11.5 Å². The summed E-state index contributed by atoms with van der Waals surface area (Å²) >= 11 is 0. The van der Waals surface area contributed by atoms with Crippen LogP contribution in [-0.4, -0.2) is 9.97 Å². The number of benzene rings is 1. The van der Waals surface area contributed by atoms with Gasteiger partial charge in [0.15, 0.2) is 5.82 Å². The summed E-state index contributed by atoms with van der Waals surface area (Å²) in [5.41, 5.74) is 9.58. The third-order valence-electron chi connectivity index (χ3n) is 2.22. The summed E-state index contributed by atoms with van der Waals surface area (Å²) in [6, 6.07) is 7.56. The smallest absolute Gasteiger partial charge is 0.248 e. The number of hydrazine groups is 1. The van der Waals surface area contributed by atoms with Gasteiger partial charge in [0.25, 0.3) is 0 Å². The maximum atomic E-state index is 5.78. The number of nitrogens with two attached hydrogens (primary N) is 2. The second kappa shape index (κ2) is 4.67. The molecule has 1 aromatic heterocycles. The van der Waals surface area contributed by atoms with E-state index >= 15 is 0 Å². The van der Waals surface area contributed by atoms with Crippen LogP contribution >= 0.6 is 0 Å². The lowest BCUT2D eigenvalue weighted by Gasteiger charge is -2.09. The van der Waals surface area contributed by atoms with E-state index in [0.29, 0.717) is 11.6 Å². The minimum absolute atomic E-state index is 0.274. The maximum absolute atomic E-state index is 5.78. The van der Waals surface area contributed by atoms with Crippen LogP contribution in [0.25, 0.3) is 0 Å². The topological polar surface area (TPSA) is 99.1 Å². The van der Waals surface area contributed by atoms with Gasteiger partial charge < -0.3 is 15.9 Å². The van der Waals surface area contributed by atoms with Gasteiger partial charge in [-0.25, -0.2) is 10.8 Å². The van der Waals surface area contributed by atoms with Gasteiger partial charge in [0.1, 0.15) is 17.8 Å². The first kappa shape index (κ1) is 11.2. The average Bonchev–Trinajstić information content (AvgIpc) is 2.35. The molecule has 0 radical (unpaired) electrons. The molecular formula is C11H13N5O. The Morgan fingerprint density at radius 2 is 1.88 bits per heavy atom. The van der Waals surface area contributed by atoms with Gasteiger partial charge in [-0.2, -0.15) is 4.98 Å². The number of hydrogen-bond acceptors (Lipinski definition) is 6. The molecule has 0 unspecified atom stereocenters. The molecule has 0 saturated carbocycles. The lowest BCUT2D eigenvalue weighted by atomic mass is 10.2. The number of nitrogen functional groups attached to an aromatic ring is 2. The van der Waals surface area contributed by atoms with Crippen LogP contribution in [0.5, 0.6) is 11.6 Å². The van der Waals surface area contributed by atoms with Crippen LogP contribution < -0.4 is 21.7 Å². The number of ether oxygens (including phenoxy) is 1. The van der Waals surface area contributed by atoms with E-state index in [1.807, 2.05) is 31.2 Å². The van der Waals surface area contributed by atoms with Crippen molar-refractivity contribution in [3.63, 3.8) is 0 Å². The molecule has 2 aromatic rings. The van der Waals surface area contributed by atoms with E-state index in [2.05, 4.69) is 15.4 Å². The van der Waals surface area contributed by atoms with Crippen LogP contribution in [0.1, 0.15) is 5.56 Å². The highest BCUT2D eigenvalue weighted by Gasteiger charge is 2.08. The summed E-state index contributed by atoms with van der Waals surface area (Å²) in [4.78, 5) is 7.81. The van der Waals surface area contributed by atoms with E-state index in [4.69, 9.17) is 16.3 Å². The molecule has 5 N–H and O–H groups in total. The Labute approximate surface area is 98.6 Å². The molecule has 1 aromatic carbocycles. The van der Waals surface area contributed by atoms with Crippen molar-refractivity contribution in [2.75, 3.05) is 11.2 Å². The Morgan fingerprint density at radius 1 is 1.18 bits per heavy atom. The Morgan fingerprint density at radius 3 is 2.53 bits per heavy atom. The molecule has 0 atom stereocenters. The average molecular weight is 231 g/mol. The molecule has 0 aliphatic heterocycles. The number of rotatable bonds is 3. The van der Waals surface area contributed by atoms with Crippen LogP contribution in [0.4, 0.5) is 11.5 Å². The zero-order valence-electron chi connectivity index (χ0n) is 9.34. The van der Waals surface area contributed by atoms with Gasteiger partial charge in [-0.1, -0.05) is 17.7 Å². The second-order valence-corrected chi connectivity index (χ2v) is 3.50. The van der Waals surface area contributed by atoms with Gasteiger partial charge in [-0.15, -0.1) is 0 Å². The third-order valence-corrected chi connectivity index (χ3v) is 2.22. The van der Waals surface area contributed by atoms with Crippen molar-refractivity contribution in [1.29, 1.82) is 0 Å². The normalized spacial score (nSPS) is 10.0. The monoisotopic (exact) mass is 231 g/mol. The molecule has 0 aliphatic carbocycles. The summed E-state index contributed by atoms with van der Waals surface area (Å²) in [5.74, 6) is 6.52. The minimum atomic E-state index is 0.274. The molecule has 88 valence electrons. The molecule has 2 rings (SSSR count). The molecule has 17 heavy (non-hydrogen) atoms. The maximum Gasteiger partial charge on any atom is 0.248 e. The zero-order valence-corrected chi connectivity index (χ0v) is 9.34. The number of nitrogens with zero attached hydrogens (tertiary/aromatic N) is 2. The molecule has 6 nitrogen and oxygen atoms in total. The molecule has 0 amide bonds. The van der Waals surface area contributed by atoms with Crippen LogP contribution in [-0.2, 0) is 0 Å². The summed E-state index contributed by atoms with van der Waals surface area (Å²) in [5, 5.41) is 0. The van der Waals surface area contributed by atoms with Crippen LogP contribution in [0.3, 0.4) is 0 Å². The third kappa shape index (κ3) is 2.43. The van der Waals surface area contributed by atoms with E-state index in [-0.39, 0.29) is 11.6 Å². The van der Waals surface area contributed by atoms with Crippen LogP contribution in [0, 0.1) is 6.92 Å². The fourth-order valence-corrected chi connectivity index (χ4v) is 1.29. The highest BCUT2D eigenvalue weighted by molar-refractivity contribution is 5.66. The number of aryl methyl sites for hydroxylation is 1. The Kier molecular flexibility index (Phi) is 3.06. The highest BCUT2D eigenvalue weighted by Crippen LogP contribution is 2.28. The molecule has 1 heterocycles. The number of nitrogens with one attached hydrogen (secondary N) is 1. The van der Waals surface area contributed by atoms with E-state index in [9.17, 15) is 0 Å². The standard InChI is InChI=1S/C11H13N5O/c1-7-2-4-8(5-3-7)17-11-9(12)10(16-13)14-6-15-11/h2-6H,12-13H2,1H3,(H,14,15,16). The van der Waals surface area contributed by atoms with E-state index in [1.54, 1.807) is 0 Å². The summed E-state index contributed by atoms with van der Waals surface area (Å²) in [7, 11) is 0. The predicted molar refractivity (Wildman–Crippen MR) is 65.5 cm³/mol. The lowest BCUT2D eigenvalue weighted by Crippen LogP contribution is -2.12. The quantitative estimate of drug-likeness (QED) is 0.546. The van der Waals surface area contributed by atoms with E-state index in [0.717, 1.165) is 5.56 Å². The number of hydrogen-bond donors (Lipinski definition) is 3. The molecule has 6 heteroatoms. The summed E-state index contributed by atoms with van der Waals surface area (Å²) in [6.45, 7) is 2.00. The number of anilines is 2. The van der Waals surface area contributed by atoms with Crippen molar-refractivity contribution in [2.45, 2.75) is 6.92 Å². The minimum Gasteiger partial charge on any atom is -0.437 e. The molecule has 0 saturated heterocycles. The lowest BCUT2D eigenvalue weighted by molar-refractivity contribution is 0.464. The van der Waals surface area contributed by atoms with Gasteiger partial charge in [-0.05, 0) is 19.1 Å². The second-order valence-electron chi connectivity index (χ2n) is 3.50. The molecule has 0 bridgehead atoms. The summed E-state index contributed by atoms with van der Waals surface area (Å²) in [6.07, 6.45) is 1.33. The van der Waals surface area contributed by atoms with Crippen molar-refractivity contribution < 1.29 is 4.74 Å². The first-order chi connectivity index (χ1) is 8.20.